The Morgan fingerprint density at radius 1 is 1.21 bits per heavy atom. The van der Waals surface area contributed by atoms with Crippen molar-refractivity contribution in [1.82, 2.24) is 15.1 Å². The predicted molar refractivity (Wildman–Crippen MR) is 92.3 cm³/mol. The van der Waals surface area contributed by atoms with Gasteiger partial charge in [-0.25, -0.2) is 0 Å². The fourth-order valence-electron chi connectivity index (χ4n) is 2.36. The molecule has 1 heterocycles. The van der Waals surface area contributed by atoms with Gasteiger partial charge in [0.25, 0.3) is 0 Å². The molecule has 24 heavy (non-hydrogen) atoms. The Bertz CT molecular complexity index is 695. The van der Waals surface area contributed by atoms with Crippen LogP contribution in [0, 0.1) is 6.92 Å². The molecule has 0 atom stereocenters. The number of nitrogens with zero attached hydrogens (tertiary/aromatic N) is 2. The van der Waals surface area contributed by atoms with Crippen molar-refractivity contribution in [2.75, 3.05) is 13.2 Å². The van der Waals surface area contributed by atoms with Gasteiger partial charge in [0.05, 0.1) is 25.8 Å². The molecule has 0 saturated heterocycles. The molecule has 6 nitrogen and oxygen atoms in total. The highest BCUT2D eigenvalue weighted by Crippen LogP contribution is 2.28. The zero-order chi connectivity index (χ0) is 17.5. The Morgan fingerprint density at radius 2 is 1.92 bits per heavy atom. The fraction of sp³-hybridized carbons (Fsp3) is 0.444. The molecule has 0 aliphatic rings. The molecular weight excluding hydrogens is 306 g/mol. The van der Waals surface area contributed by atoms with Crippen LogP contribution < -0.4 is 14.8 Å². The van der Waals surface area contributed by atoms with Crippen molar-refractivity contribution >= 4 is 5.91 Å². The number of aryl methyl sites for hydroxylation is 1. The number of carbonyl (C=O) groups excluding carboxylic acids is 1. The van der Waals surface area contributed by atoms with E-state index in [0.29, 0.717) is 37.7 Å². The summed E-state index contributed by atoms with van der Waals surface area (Å²) in [6, 6.07) is 5.61. The molecule has 2 aromatic rings. The smallest absolute Gasteiger partial charge is 0.224 e. The molecule has 6 heteroatoms. The van der Waals surface area contributed by atoms with Crippen LogP contribution in [-0.2, 0) is 24.8 Å². The van der Waals surface area contributed by atoms with Crippen LogP contribution in [0.25, 0.3) is 0 Å². The zero-order valence-electron chi connectivity index (χ0n) is 14.8. The lowest BCUT2D eigenvalue weighted by Gasteiger charge is -2.12. The second-order valence-corrected chi connectivity index (χ2v) is 5.48. The Labute approximate surface area is 142 Å². The van der Waals surface area contributed by atoms with Crippen LogP contribution in [-0.4, -0.2) is 28.9 Å². The van der Waals surface area contributed by atoms with Crippen LogP contribution in [0.2, 0.25) is 0 Å². The van der Waals surface area contributed by atoms with E-state index in [1.54, 1.807) is 10.9 Å². The fourth-order valence-corrected chi connectivity index (χ4v) is 2.36. The average Bonchev–Trinajstić information content (AvgIpc) is 2.87. The number of ether oxygens (including phenoxy) is 2. The standard InChI is InChI=1S/C18H25N3O3/c1-5-23-16-8-7-14(9-17(16)24-6-2)10-18(22)19-11-15-12-20-21(4)13(15)3/h7-9,12H,5-6,10-11H2,1-4H3,(H,19,22). The molecule has 130 valence electrons. The Balaban J connectivity index is 1.98. The first kappa shape index (κ1) is 17.8. The molecule has 0 radical (unpaired) electrons. The van der Waals surface area contributed by atoms with E-state index >= 15 is 0 Å². The molecular formula is C18H25N3O3. The summed E-state index contributed by atoms with van der Waals surface area (Å²) in [4.78, 5) is 12.2. The van der Waals surface area contributed by atoms with E-state index in [1.807, 2.05) is 46.0 Å². The van der Waals surface area contributed by atoms with E-state index < -0.39 is 0 Å². The van der Waals surface area contributed by atoms with Crippen molar-refractivity contribution in [3.8, 4) is 11.5 Å². The van der Waals surface area contributed by atoms with Crippen molar-refractivity contribution in [3.63, 3.8) is 0 Å². The first-order valence-corrected chi connectivity index (χ1v) is 8.17. The van der Waals surface area contributed by atoms with Crippen molar-refractivity contribution in [2.45, 2.75) is 33.7 Å². The number of amides is 1. The molecule has 0 unspecified atom stereocenters. The number of hydrogen-bond acceptors (Lipinski definition) is 4. The topological polar surface area (TPSA) is 65.4 Å². The van der Waals surface area contributed by atoms with Crippen LogP contribution in [0.3, 0.4) is 0 Å². The summed E-state index contributed by atoms with van der Waals surface area (Å²) in [6.07, 6.45) is 2.07. The van der Waals surface area contributed by atoms with E-state index in [1.165, 1.54) is 0 Å². The molecule has 0 aliphatic heterocycles. The maximum absolute atomic E-state index is 12.2. The molecule has 0 spiro atoms. The van der Waals surface area contributed by atoms with Gasteiger partial charge in [-0.05, 0) is 38.5 Å². The highest BCUT2D eigenvalue weighted by atomic mass is 16.5. The Hall–Kier alpha value is -2.50. The van der Waals surface area contributed by atoms with E-state index in [2.05, 4.69) is 10.4 Å². The van der Waals surface area contributed by atoms with Gasteiger partial charge in [-0.15, -0.1) is 0 Å². The molecule has 0 fully saturated rings. The number of benzene rings is 1. The summed E-state index contributed by atoms with van der Waals surface area (Å²) < 4.78 is 12.9. The van der Waals surface area contributed by atoms with Gasteiger partial charge in [-0.2, -0.15) is 5.10 Å². The van der Waals surface area contributed by atoms with Crippen LogP contribution in [0.1, 0.15) is 30.7 Å². The van der Waals surface area contributed by atoms with Gasteiger partial charge in [0, 0.05) is 24.8 Å². The minimum Gasteiger partial charge on any atom is -0.490 e. The van der Waals surface area contributed by atoms with Crippen LogP contribution in [0.5, 0.6) is 11.5 Å². The summed E-state index contributed by atoms with van der Waals surface area (Å²) >= 11 is 0. The van der Waals surface area contributed by atoms with Gasteiger partial charge in [0.15, 0.2) is 11.5 Å². The molecule has 1 aromatic heterocycles. The third kappa shape index (κ3) is 4.50. The molecule has 2 rings (SSSR count). The van der Waals surface area contributed by atoms with Gasteiger partial charge >= 0.3 is 0 Å². The van der Waals surface area contributed by atoms with E-state index in [0.717, 1.165) is 16.8 Å². The predicted octanol–water partition coefficient (Wildman–Crippen LogP) is 2.38. The lowest BCUT2D eigenvalue weighted by Crippen LogP contribution is -2.24. The Morgan fingerprint density at radius 3 is 2.54 bits per heavy atom. The highest BCUT2D eigenvalue weighted by Gasteiger charge is 2.10. The van der Waals surface area contributed by atoms with Gasteiger partial charge < -0.3 is 14.8 Å². The van der Waals surface area contributed by atoms with Crippen molar-refractivity contribution in [3.05, 3.63) is 41.2 Å². The summed E-state index contributed by atoms with van der Waals surface area (Å²) in [5.41, 5.74) is 2.96. The van der Waals surface area contributed by atoms with Crippen LogP contribution in [0.15, 0.2) is 24.4 Å². The quantitative estimate of drug-likeness (QED) is 0.806. The van der Waals surface area contributed by atoms with Crippen molar-refractivity contribution < 1.29 is 14.3 Å². The normalized spacial score (nSPS) is 10.5. The maximum Gasteiger partial charge on any atom is 0.224 e. The summed E-state index contributed by atoms with van der Waals surface area (Å²) in [7, 11) is 1.88. The number of rotatable bonds is 8. The lowest BCUT2D eigenvalue weighted by atomic mass is 10.1. The minimum absolute atomic E-state index is 0.0372. The van der Waals surface area contributed by atoms with Gasteiger partial charge in [-0.3, -0.25) is 9.48 Å². The van der Waals surface area contributed by atoms with Gasteiger partial charge in [-0.1, -0.05) is 6.07 Å². The largest absolute Gasteiger partial charge is 0.490 e. The second-order valence-electron chi connectivity index (χ2n) is 5.48. The first-order chi connectivity index (χ1) is 11.5. The van der Waals surface area contributed by atoms with E-state index in [-0.39, 0.29) is 5.91 Å². The third-order valence-corrected chi connectivity index (χ3v) is 3.79. The lowest BCUT2D eigenvalue weighted by molar-refractivity contribution is -0.120. The Kier molecular flexibility index (Phi) is 6.23. The van der Waals surface area contributed by atoms with Gasteiger partial charge in [0.1, 0.15) is 0 Å². The maximum atomic E-state index is 12.2. The molecule has 1 aromatic carbocycles. The SMILES string of the molecule is CCOc1ccc(CC(=O)NCc2cnn(C)c2C)cc1OCC. The number of nitrogens with one attached hydrogen (secondary N) is 1. The molecule has 0 saturated carbocycles. The monoisotopic (exact) mass is 331 g/mol. The third-order valence-electron chi connectivity index (χ3n) is 3.79. The number of carbonyl (C=O) groups is 1. The van der Waals surface area contributed by atoms with E-state index in [4.69, 9.17) is 9.47 Å². The van der Waals surface area contributed by atoms with Crippen molar-refractivity contribution in [1.29, 1.82) is 0 Å². The van der Waals surface area contributed by atoms with Crippen LogP contribution in [0.4, 0.5) is 0 Å². The second kappa shape index (κ2) is 8.38. The van der Waals surface area contributed by atoms with Gasteiger partial charge in [0.2, 0.25) is 5.91 Å². The molecule has 1 N–H and O–H groups in total. The first-order valence-electron chi connectivity index (χ1n) is 8.17. The number of hydrogen-bond donors (Lipinski definition) is 1. The molecule has 0 aliphatic carbocycles. The van der Waals surface area contributed by atoms with E-state index in [9.17, 15) is 4.79 Å². The van der Waals surface area contributed by atoms with Crippen molar-refractivity contribution in [2.24, 2.45) is 7.05 Å². The zero-order valence-corrected chi connectivity index (χ0v) is 14.8. The minimum atomic E-state index is -0.0372. The summed E-state index contributed by atoms with van der Waals surface area (Å²) in [5, 5.41) is 7.10. The summed E-state index contributed by atoms with van der Waals surface area (Å²) in [6.45, 7) is 7.44. The number of aromatic nitrogens is 2. The summed E-state index contributed by atoms with van der Waals surface area (Å²) in [5.74, 6) is 1.34. The average molecular weight is 331 g/mol. The molecule has 1 amide bonds. The molecule has 0 bridgehead atoms. The van der Waals surface area contributed by atoms with Crippen LogP contribution >= 0.6 is 0 Å². The highest BCUT2D eigenvalue weighted by molar-refractivity contribution is 5.78.